The Labute approximate surface area is 98.5 Å². The monoisotopic (exact) mass is 238 g/mol. The summed E-state index contributed by atoms with van der Waals surface area (Å²) in [4.78, 5) is 43.7. The van der Waals surface area contributed by atoms with Crippen LogP contribution in [0.25, 0.3) is 0 Å². The predicted octanol–water partition coefficient (Wildman–Crippen LogP) is 0.915. The fraction of sp³-hybridized carbons (Fsp3) is 0.500. The first-order valence-corrected chi connectivity index (χ1v) is 5.49. The second-order valence-electron chi connectivity index (χ2n) is 3.98. The highest BCUT2D eigenvalue weighted by atomic mass is 16.4. The van der Waals surface area contributed by atoms with Crippen molar-refractivity contribution >= 4 is 23.3 Å². The van der Waals surface area contributed by atoms with Gasteiger partial charge in [-0.3, -0.25) is 19.2 Å². The number of Topliss-reactive ketones (excluding diaryl/α,β-unsaturated/α-hetero) is 3. The summed E-state index contributed by atoms with van der Waals surface area (Å²) in [6.45, 7) is 0. The van der Waals surface area contributed by atoms with Crippen molar-refractivity contribution in [1.82, 2.24) is 0 Å². The summed E-state index contributed by atoms with van der Waals surface area (Å²) in [7, 11) is 0. The molecule has 92 valence electrons. The van der Waals surface area contributed by atoms with Crippen LogP contribution in [0.4, 0.5) is 0 Å². The molecule has 1 atom stereocenters. The molecule has 1 aliphatic rings. The molecule has 1 fully saturated rings. The van der Waals surface area contributed by atoms with Gasteiger partial charge in [0.1, 0.15) is 0 Å². The van der Waals surface area contributed by atoms with Crippen molar-refractivity contribution in [1.29, 1.82) is 0 Å². The summed E-state index contributed by atoms with van der Waals surface area (Å²) >= 11 is 0. The van der Waals surface area contributed by atoms with Crippen LogP contribution in [0.5, 0.6) is 0 Å². The minimum Gasteiger partial charge on any atom is -0.481 e. The van der Waals surface area contributed by atoms with E-state index in [4.69, 9.17) is 5.11 Å². The third-order valence-electron chi connectivity index (χ3n) is 2.61. The van der Waals surface area contributed by atoms with Crippen LogP contribution in [0, 0.1) is 5.92 Å². The second kappa shape index (κ2) is 6.08. The lowest BCUT2D eigenvalue weighted by Crippen LogP contribution is -2.15. The Balaban J connectivity index is 2.28. The van der Waals surface area contributed by atoms with E-state index in [2.05, 4.69) is 0 Å². The van der Waals surface area contributed by atoms with E-state index in [0.717, 1.165) is 0 Å². The fourth-order valence-electron chi connectivity index (χ4n) is 1.67. The number of carbonyl (C=O) groups excluding carboxylic acids is 3. The van der Waals surface area contributed by atoms with E-state index in [9.17, 15) is 19.2 Å². The maximum atomic E-state index is 11.3. The number of carboxylic acids is 1. The Kier molecular flexibility index (Phi) is 4.75. The van der Waals surface area contributed by atoms with Crippen molar-refractivity contribution in [3.8, 4) is 0 Å². The van der Waals surface area contributed by atoms with Gasteiger partial charge in [-0.2, -0.15) is 0 Å². The fourth-order valence-corrected chi connectivity index (χ4v) is 1.67. The number of aliphatic carboxylic acids is 1. The maximum absolute atomic E-state index is 11.3. The number of hydrogen-bond donors (Lipinski definition) is 1. The molecule has 0 spiro atoms. The molecule has 0 saturated heterocycles. The van der Waals surface area contributed by atoms with Crippen LogP contribution in [0.1, 0.15) is 32.1 Å². The summed E-state index contributed by atoms with van der Waals surface area (Å²) < 4.78 is 0. The molecule has 5 nitrogen and oxygen atoms in total. The molecule has 5 heteroatoms. The molecule has 0 aromatic rings. The van der Waals surface area contributed by atoms with E-state index in [1.54, 1.807) is 12.2 Å². The molecule has 1 saturated carbocycles. The first-order chi connectivity index (χ1) is 8.02. The topological polar surface area (TPSA) is 88.5 Å². The molecule has 0 amide bonds. The molecule has 1 aliphatic carbocycles. The minimum atomic E-state index is -0.842. The molecule has 17 heavy (non-hydrogen) atoms. The Morgan fingerprint density at radius 3 is 2.53 bits per heavy atom. The Hall–Kier alpha value is -1.78. The van der Waals surface area contributed by atoms with Gasteiger partial charge in [-0.25, -0.2) is 0 Å². The first-order valence-electron chi connectivity index (χ1n) is 5.49. The van der Waals surface area contributed by atoms with E-state index in [1.807, 2.05) is 0 Å². The van der Waals surface area contributed by atoms with Crippen molar-refractivity contribution in [3.05, 3.63) is 12.2 Å². The minimum absolute atomic E-state index is 0.101. The van der Waals surface area contributed by atoms with E-state index >= 15 is 0 Å². The van der Waals surface area contributed by atoms with Gasteiger partial charge in [-0.05, 0) is 19.3 Å². The van der Waals surface area contributed by atoms with E-state index < -0.39 is 23.5 Å². The third kappa shape index (κ3) is 3.94. The Morgan fingerprint density at radius 1 is 1.29 bits per heavy atom. The van der Waals surface area contributed by atoms with Crippen LogP contribution in [0.3, 0.4) is 0 Å². The second-order valence-corrected chi connectivity index (χ2v) is 3.98. The number of ketones is 3. The largest absolute Gasteiger partial charge is 0.481 e. The standard InChI is InChI=1S/C12H14O5/c13-9-7-10(14)12(17)8(9)5-3-1-2-4-6-11(15)16/h1,3,8H,2,4-7H2,(H,15,16)/b3-1-. The molecule has 1 rings (SSSR count). The van der Waals surface area contributed by atoms with Gasteiger partial charge < -0.3 is 5.11 Å². The molecule has 1 unspecified atom stereocenters. The number of carboxylic acid groups (broad SMARTS) is 1. The molecular formula is C12H14O5. The first kappa shape index (κ1) is 13.3. The average Bonchev–Trinajstić information content (AvgIpc) is 2.48. The predicted molar refractivity (Wildman–Crippen MR) is 58.4 cm³/mol. The average molecular weight is 238 g/mol. The van der Waals surface area contributed by atoms with Gasteiger partial charge in [-0.1, -0.05) is 12.2 Å². The molecule has 1 N–H and O–H groups in total. The maximum Gasteiger partial charge on any atom is 0.303 e. The molecular weight excluding hydrogens is 224 g/mol. The molecule has 0 aliphatic heterocycles. The third-order valence-corrected chi connectivity index (χ3v) is 2.61. The van der Waals surface area contributed by atoms with Gasteiger partial charge in [0.2, 0.25) is 11.6 Å². The summed E-state index contributed by atoms with van der Waals surface area (Å²) in [6, 6.07) is 0. The summed E-state index contributed by atoms with van der Waals surface area (Å²) in [6.07, 6.45) is 4.61. The van der Waals surface area contributed by atoms with Crippen molar-refractivity contribution in [3.63, 3.8) is 0 Å². The van der Waals surface area contributed by atoms with Crippen LogP contribution in [-0.2, 0) is 19.2 Å². The zero-order valence-electron chi connectivity index (χ0n) is 9.35. The van der Waals surface area contributed by atoms with Gasteiger partial charge in [-0.15, -0.1) is 0 Å². The Morgan fingerprint density at radius 2 is 2.00 bits per heavy atom. The number of rotatable bonds is 6. The molecule has 0 bridgehead atoms. The van der Waals surface area contributed by atoms with Gasteiger partial charge in [0.25, 0.3) is 0 Å². The number of allylic oxidation sites excluding steroid dienone is 2. The highest BCUT2D eigenvalue weighted by Crippen LogP contribution is 2.18. The molecule has 0 heterocycles. The smallest absolute Gasteiger partial charge is 0.303 e. The lowest BCUT2D eigenvalue weighted by atomic mass is 10.0. The van der Waals surface area contributed by atoms with E-state index in [1.165, 1.54) is 0 Å². The van der Waals surface area contributed by atoms with Gasteiger partial charge in [0.05, 0.1) is 12.3 Å². The van der Waals surface area contributed by atoms with Gasteiger partial charge in [0.15, 0.2) is 5.78 Å². The van der Waals surface area contributed by atoms with Crippen molar-refractivity contribution in [2.45, 2.75) is 32.1 Å². The van der Waals surface area contributed by atoms with Crippen molar-refractivity contribution in [2.24, 2.45) is 5.92 Å². The highest BCUT2D eigenvalue weighted by molar-refractivity contribution is 6.49. The lowest BCUT2D eigenvalue weighted by Gasteiger charge is -1.99. The molecule has 0 aromatic carbocycles. The zero-order chi connectivity index (χ0) is 12.8. The molecule has 0 aromatic heterocycles. The quantitative estimate of drug-likeness (QED) is 0.321. The van der Waals surface area contributed by atoms with Gasteiger partial charge in [0, 0.05) is 6.42 Å². The molecule has 0 radical (unpaired) electrons. The summed E-state index contributed by atoms with van der Waals surface area (Å²) in [5, 5.41) is 8.39. The zero-order valence-corrected chi connectivity index (χ0v) is 9.35. The number of unbranched alkanes of at least 4 members (excludes halogenated alkanes) is 1. The van der Waals surface area contributed by atoms with Crippen LogP contribution < -0.4 is 0 Å². The SMILES string of the molecule is O=C(O)CCC/C=C\CC1C(=O)CC(=O)C1=O. The normalized spacial score (nSPS) is 20.5. The van der Waals surface area contributed by atoms with Crippen molar-refractivity contribution in [2.75, 3.05) is 0 Å². The number of hydrogen-bond acceptors (Lipinski definition) is 4. The van der Waals surface area contributed by atoms with Gasteiger partial charge >= 0.3 is 5.97 Å². The van der Waals surface area contributed by atoms with Crippen LogP contribution in [0.15, 0.2) is 12.2 Å². The van der Waals surface area contributed by atoms with E-state index in [-0.39, 0.29) is 25.0 Å². The highest BCUT2D eigenvalue weighted by Gasteiger charge is 2.38. The lowest BCUT2D eigenvalue weighted by molar-refractivity contribution is -0.137. The van der Waals surface area contributed by atoms with Crippen LogP contribution >= 0.6 is 0 Å². The summed E-state index contributed by atoms with van der Waals surface area (Å²) in [5.74, 6) is -3.15. The van der Waals surface area contributed by atoms with E-state index in [0.29, 0.717) is 12.8 Å². The van der Waals surface area contributed by atoms with Crippen LogP contribution in [-0.4, -0.2) is 28.4 Å². The summed E-state index contributed by atoms with van der Waals surface area (Å²) in [5.41, 5.74) is 0. The number of carbonyl (C=O) groups is 4. The van der Waals surface area contributed by atoms with Crippen LogP contribution in [0.2, 0.25) is 0 Å². The van der Waals surface area contributed by atoms with Crippen molar-refractivity contribution < 1.29 is 24.3 Å². The Bertz CT molecular complexity index is 380.